The van der Waals surface area contributed by atoms with Gasteiger partial charge in [0.1, 0.15) is 11.5 Å². The Morgan fingerprint density at radius 2 is 1.55 bits per heavy atom. The Bertz CT molecular complexity index is 1730. The third-order valence-electron chi connectivity index (χ3n) is 8.53. The molecular weight excluding hydrogens is 520 g/mol. The molecule has 196 valence electrons. The third kappa shape index (κ3) is 3.37. The van der Waals surface area contributed by atoms with Crippen LogP contribution in [0.5, 0.6) is 0 Å². The Balaban J connectivity index is 1.54. The van der Waals surface area contributed by atoms with Gasteiger partial charge in [0.15, 0.2) is 11.6 Å². The van der Waals surface area contributed by atoms with Gasteiger partial charge in [-0.05, 0) is 60.5 Å². The molecule has 0 aliphatic carbocycles. The lowest BCUT2D eigenvalue weighted by molar-refractivity contribution is -0.121. The molecule has 3 heterocycles. The predicted octanol–water partition coefficient (Wildman–Crippen LogP) is 6.50. The van der Waals surface area contributed by atoms with Crippen LogP contribution in [0.2, 0.25) is 5.02 Å². The summed E-state index contributed by atoms with van der Waals surface area (Å²) in [4.78, 5) is 45.6. The van der Waals surface area contributed by atoms with Crippen molar-refractivity contribution in [3.8, 4) is 0 Å². The Morgan fingerprint density at radius 3 is 2.33 bits per heavy atom. The number of nitrogens with one attached hydrogen (secondary N) is 1. The molecule has 0 bridgehead atoms. The van der Waals surface area contributed by atoms with Crippen molar-refractivity contribution in [3.63, 3.8) is 0 Å². The van der Waals surface area contributed by atoms with E-state index in [4.69, 9.17) is 11.6 Å². The Morgan fingerprint density at radius 1 is 0.850 bits per heavy atom. The van der Waals surface area contributed by atoms with Crippen LogP contribution >= 0.6 is 11.6 Å². The maximum Gasteiger partial charge on any atom is 0.238 e. The van der Waals surface area contributed by atoms with Gasteiger partial charge in [-0.15, -0.1) is 0 Å². The number of hydrogen-bond donors (Lipinski definition) is 1. The first-order valence-electron chi connectivity index (χ1n) is 13.3. The Kier molecular flexibility index (Phi) is 5.55. The number of nitrogens with zero attached hydrogens (tertiary/aromatic N) is 1. The predicted molar refractivity (Wildman–Crippen MR) is 157 cm³/mol. The minimum atomic E-state index is -1.32. The van der Waals surface area contributed by atoms with E-state index in [1.54, 1.807) is 48.5 Å². The van der Waals surface area contributed by atoms with Gasteiger partial charge >= 0.3 is 0 Å². The molecule has 7 rings (SSSR count). The molecule has 3 aliphatic heterocycles. The molecule has 5 nitrogen and oxygen atoms in total. The highest BCUT2D eigenvalue weighted by molar-refractivity contribution is 6.30. The molecule has 0 saturated carbocycles. The van der Waals surface area contributed by atoms with E-state index >= 15 is 0 Å². The summed E-state index contributed by atoms with van der Waals surface area (Å²) in [5.41, 5.74) is 3.83. The van der Waals surface area contributed by atoms with Gasteiger partial charge in [0.2, 0.25) is 5.91 Å². The van der Waals surface area contributed by atoms with Crippen molar-refractivity contribution in [3.05, 3.63) is 136 Å². The van der Waals surface area contributed by atoms with Crippen LogP contribution in [0.3, 0.4) is 0 Å². The second kappa shape index (κ2) is 9.04. The first kappa shape index (κ1) is 24.6. The zero-order chi connectivity index (χ0) is 27.6. The number of hydrogen-bond acceptors (Lipinski definition) is 4. The number of para-hydroxylation sites is 1. The zero-order valence-electron chi connectivity index (χ0n) is 21.7. The van der Waals surface area contributed by atoms with E-state index in [9.17, 15) is 14.4 Å². The summed E-state index contributed by atoms with van der Waals surface area (Å²) in [6.45, 7) is 2.02. The number of halogens is 1. The highest BCUT2D eigenvalue weighted by Crippen LogP contribution is 2.58. The van der Waals surface area contributed by atoms with Crippen molar-refractivity contribution in [2.75, 3.05) is 10.2 Å². The van der Waals surface area contributed by atoms with Gasteiger partial charge in [0, 0.05) is 27.5 Å². The molecule has 4 aromatic rings. The molecular formula is C34H25ClN2O3. The van der Waals surface area contributed by atoms with E-state index in [1.165, 1.54) is 0 Å². The maximum atomic E-state index is 14.7. The van der Waals surface area contributed by atoms with Crippen molar-refractivity contribution < 1.29 is 14.4 Å². The lowest BCUT2D eigenvalue weighted by Gasteiger charge is -2.37. The molecule has 1 saturated heterocycles. The summed E-state index contributed by atoms with van der Waals surface area (Å²) in [6, 6.07) is 27.7. The van der Waals surface area contributed by atoms with Gasteiger partial charge in [0.05, 0.1) is 12.0 Å². The molecule has 3 aliphatic rings. The van der Waals surface area contributed by atoms with Crippen LogP contribution < -0.4 is 10.2 Å². The normalized spacial score (nSPS) is 23.9. The summed E-state index contributed by atoms with van der Waals surface area (Å²) in [7, 11) is 0. The number of carbonyl (C=O) groups is 3. The molecule has 4 atom stereocenters. The molecule has 40 heavy (non-hydrogen) atoms. The molecule has 0 unspecified atom stereocenters. The van der Waals surface area contributed by atoms with Gasteiger partial charge in [0.25, 0.3) is 0 Å². The minimum absolute atomic E-state index is 0.230. The number of rotatable bonds is 4. The largest absolute Gasteiger partial charge is 0.352 e. The lowest BCUT2D eigenvalue weighted by Crippen LogP contribution is -2.51. The lowest BCUT2D eigenvalue weighted by atomic mass is 9.64. The fourth-order valence-corrected chi connectivity index (χ4v) is 6.99. The van der Waals surface area contributed by atoms with E-state index < -0.39 is 23.4 Å². The second-order valence-electron chi connectivity index (χ2n) is 10.7. The minimum Gasteiger partial charge on any atom is -0.352 e. The molecule has 0 aromatic heterocycles. The highest BCUT2D eigenvalue weighted by atomic mass is 35.5. The molecule has 1 amide bonds. The number of carbonyl (C=O) groups excluding carboxylic acids is 3. The average Bonchev–Trinajstić information content (AvgIpc) is 3.45. The van der Waals surface area contributed by atoms with E-state index in [0.29, 0.717) is 21.8 Å². The van der Waals surface area contributed by atoms with Crippen LogP contribution in [0.25, 0.3) is 6.08 Å². The van der Waals surface area contributed by atoms with Crippen LogP contribution in [0.4, 0.5) is 11.4 Å². The van der Waals surface area contributed by atoms with Crippen LogP contribution in [-0.4, -0.2) is 29.6 Å². The molecule has 1 N–H and O–H groups in total. The van der Waals surface area contributed by atoms with Crippen LogP contribution in [-0.2, 0) is 10.2 Å². The molecule has 6 heteroatoms. The fraction of sp³-hybridized carbons (Fsp3) is 0.147. The van der Waals surface area contributed by atoms with Crippen LogP contribution in [0.1, 0.15) is 37.4 Å². The summed E-state index contributed by atoms with van der Waals surface area (Å²) >= 11 is 6.16. The zero-order valence-corrected chi connectivity index (χ0v) is 22.4. The number of fused-ring (bicyclic) bond motifs is 6. The first-order valence-corrected chi connectivity index (χ1v) is 13.7. The number of anilines is 2. The van der Waals surface area contributed by atoms with E-state index in [-0.39, 0.29) is 17.5 Å². The van der Waals surface area contributed by atoms with Gasteiger partial charge in [-0.2, -0.15) is 0 Å². The van der Waals surface area contributed by atoms with E-state index in [0.717, 1.165) is 22.4 Å². The highest BCUT2D eigenvalue weighted by Gasteiger charge is 2.70. The molecule has 0 radical (unpaired) electrons. The van der Waals surface area contributed by atoms with Gasteiger partial charge in [-0.3, -0.25) is 14.4 Å². The fourth-order valence-electron chi connectivity index (χ4n) is 6.87. The number of ketones is 2. The van der Waals surface area contributed by atoms with Crippen molar-refractivity contribution in [2.24, 2.45) is 5.92 Å². The van der Waals surface area contributed by atoms with Gasteiger partial charge in [-0.1, -0.05) is 83.9 Å². The number of Topliss-reactive ketones (excluding diaryl/α,β-unsaturated/α-hetero) is 2. The SMILES string of the molecule is Cc1ccc2c(c1)C=C[C@H]1N2[C@H](C(=O)c2ccc(Cl)cc2)[C@@H](C(=O)c2ccccc2)[C@]12C(=O)Nc1ccccc12. The topological polar surface area (TPSA) is 66.5 Å². The first-order chi connectivity index (χ1) is 19.4. The van der Waals surface area contributed by atoms with E-state index in [1.807, 2.05) is 66.4 Å². The summed E-state index contributed by atoms with van der Waals surface area (Å²) in [6.07, 6.45) is 4.00. The van der Waals surface area contributed by atoms with Crippen LogP contribution in [0, 0.1) is 12.8 Å². The molecule has 1 spiro atoms. The number of aryl methyl sites for hydroxylation is 1. The molecule has 1 fully saturated rings. The van der Waals surface area contributed by atoms with Gasteiger partial charge < -0.3 is 10.2 Å². The number of amides is 1. The Labute approximate surface area is 237 Å². The Hall–Kier alpha value is -4.48. The molecule has 4 aromatic carbocycles. The third-order valence-corrected chi connectivity index (χ3v) is 8.78. The smallest absolute Gasteiger partial charge is 0.238 e. The number of benzene rings is 4. The second-order valence-corrected chi connectivity index (χ2v) is 11.1. The van der Waals surface area contributed by atoms with Crippen molar-refractivity contribution in [1.82, 2.24) is 0 Å². The summed E-state index contributed by atoms with van der Waals surface area (Å²) in [5.74, 6) is -1.74. The average molecular weight is 545 g/mol. The van der Waals surface area contributed by atoms with E-state index in [2.05, 4.69) is 11.4 Å². The summed E-state index contributed by atoms with van der Waals surface area (Å²) in [5, 5.41) is 3.57. The quantitative estimate of drug-likeness (QED) is 0.298. The maximum absolute atomic E-state index is 14.7. The van der Waals surface area contributed by atoms with Crippen LogP contribution in [0.15, 0.2) is 103 Å². The van der Waals surface area contributed by atoms with Crippen molar-refractivity contribution in [2.45, 2.75) is 24.4 Å². The summed E-state index contributed by atoms with van der Waals surface area (Å²) < 4.78 is 0. The monoisotopic (exact) mass is 544 g/mol. The van der Waals surface area contributed by atoms with Crippen molar-refractivity contribution in [1.29, 1.82) is 0 Å². The standard InChI is InChI=1S/C34H25ClN2O3/c1-20-11-17-27-23(19-20)14-18-28-34(25-9-5-6-10-26(25)36-33(34)40)29(31(38)21-7-3-2-4-8-21)30(37(27)28)32(39)22-12-15-24(35)16-13-22/h2-19,28-30H,1H3,(H,36,40)/t28-,29+,30+,34-/m1/s1. The van der Waals surface area contributed by atoms with Gasteiger partial charge in [-0.25, -0.2) is 0 Å². The van der Waals surface area contributed by atoms with Crippen molar-refractivity contribution >= 4 is 46.5 Å².